The third kappa shape index (κ3) is 5.28. The van der Waals surface area contributed by atoms with Crippen LogP contribution in [-0.4, -0.2) is 26.4 Å². The van der Waals surface area contributed by atoms with E-state index in [1.807, 2.05) is 0 Å². The van der Waals surface area contributed by atoms with E-state index >= 15 is 0 Å². The zero-order valence-electron chi connectivity index (χ0n) is 12.5. The molecule has 0 saturated carbocycles. The molecule has 0 atom stereocenters. The summed E-state index contributed by atoms with van der Waals surface area (Å²) in [6, 6.07) is 0. The van der Waals surface area contributed by atoms with Gasteiger partial charge in [-0.3, -0.25) is 9.13 Å². The molecule has 118 valence electrons. The van der Waals surface area contributed by atoms with Crippen LogP contribution >= 0.6 is 15.2 Å². The van der Waals surface area contributed by atoms with E-state index in [2.05, 4.69) is 6.58 Å². The van der Waals surface area contributed by atoms with Crippen LogP contribution in [-0.2, 0) is 27.2 Å². The topological polar surface area (TPSA) is 71.1 Å². The Morgan fingerprint density at radius 2 is 1.15 bits per heavy atom. The van der Waals surface area contributed by atoms with Gasteiger partial charge in [-0.2, -0.15) is 0 Å². The van der Waals surface area contributed by atoms with Crippen LogP contribution in [0.2, 0.25) is 0 Å². The highest BCUT2D eigenvalue weighted by molar-refractivity contribution is 7.78. The lowest BCUT2D eigenvalue weighted by molar-refractivity contribution is 0.214. The monoisotopic (exact) mass is 326 g/mol. The normalized spacial score (nSPS) is 12.2. The maximum Gasteiger partial charge on any atom is 0.369 e. The van der Waals surface area contributed by atoms with Crippen molar-refractivity contribution < 1.29 is 27.2 Å². The lowest BCUT2D eigenvalue weighted by Gasteiger charge is -2.25. The summed E-state index contributed by atoms with van der Waals surface area (Å²) >= 11 is 0. The molecule has 0 aromatic rings. The fraction of sp³-hybridized carbons (Fsp3) is 0.667. The van der Waals surface area contributed by atoms with Gasteiger partial charge in [0.15, 0.2) is 5.06 Å². The van der Waals surface area contributed by atoms with Gasteiger partial charge >= 0.3 is 15.2 Å². The Hall–Kier alpha value is -0.220. The summed E-state index contributed by atoms with van der Waals surface area (Å²) in [6.45, 7) is 10.8. The van der Waals surface area contributed by atoms with Crippen molar-refractivity contribution in [1.29, 1.82) is 0 Å². The van der Waals surface area contributed by atoms with E-state index in [1.54, 1.807) is 27.7 Å². The Labute approximate surface area is 121 Å². The van der Waals surface area contributed by atoms with Gasteiger partial charge < -0.3 is 18.1 Å². The summed E-state index contributed by atoms with van der Waals surface area (Å²) in [7, 11) is -7.50. The van der Waals surface area contributed by atoms with Crippen molar-refractivity contribution in [2.24, 2.45) is 0 Å². The van der Waals surface area contributed by atoms with Crippen LogP contribution in [0.3, 0.4) is 0 Å². The molecule has 0 aromatic heterocycles. The molecule has 20 heavy (non-hydrogen) atoms. The lowest BCUT2D eigenvalue weighted by Crippen LogP contribution is -2.04. The van der Waals surface area contributed by atoms with E-state index in [1.165, 1.54) is 12.2 Å². The van der Waals surface area contributed by atoms with E-state index in [0.29, 0.717) is 0 Å². The summed E-state index contributed by atoms with van der Waals surface area (Å²) in [5.41, 5.74) is 0. The van der Waals surface area contributed by atoms with Crippen LogP contribution in [0.15, 0.2) is 23.8 Å². The molecule has 0 amide bonds. The quantitative estimate of drug-likeness (QED) is 0.410. The van der Waals surface area contributed by atoms with Crippen molar-refractivity contribution in [2.45, 2.75) is 27.7 Å². The molecule has 8 heteroatoms. The average molecular weight is 326 g/mol. The number of rotatable bonds is 11. The van der Waals surface area contributed by atoms with Gasteiger partial charge in [0, 0.05) is 0 Å². The zero-order chi connectivity index (χ0) is 15.6. The van der Waals surface area contributed by atoms with Crippen LogP contribution in [0.1, 0.15) is 27.7 Å². The van der Waals surface area contributed by atoms with Gasteiger partial charge in [-0.05, 0) is 33.8 Å². The Bertz CT molecular complexity index is 366. The summed E-state index contributed by atoms with van der Waals surface area (Å²) in [5.74, 6) is 0. The molecule has 0 bridgehead atoms. The van der Waals surface area contributed by atoms with Crippen LogP contribution in [0.25, 0.3) is 0 Å². The van der Waals surface area contributed by atoms with Crippen molar-refractivity contribution in [3.63, 3.8) is 0 Å². The summed E-state index contributed by atoms with van der Waals surface area (Å²) < 4.78 is 46.4. The van der Waals surface area contributed by atoms with Crippen molar-refractivity contribution in [3.8, 4) is 0 Å². The Morgan fingerprint density at radius 3 is 1.35 bits per heavy atom. The first-order valence-electron chi connectivity index (χ1n) is 6.56. The van der Waals surface area contributed by atoms with Gasteiger partial charge in [-0.25, -0.2) is 0 Å². The highest BCUT2D eigenvalue weighted by atomic mass is 31.2. The van der Waals surface area contributed by atoms with Crippen LogP contribution in [0.5, 0.6) is 0 Å². The number of allylic oxidation sites excluding steroid dienone is 2. The van der Waals surface area contributed by atoms with Crippen LogP contribution < -0.4 is 0 Å². The minimum atomic E-state index is -3.75. The first kappa shape index (κ1) is 19.8. The molecule has 0 unspecified atom stereocenters. The highest BCUT2D eigenvalue weighted by Crippen LogP contribution is 2.73. The number of hydrogen-bond acceptors (Lipinski definition) is 6. The minimum Gasteiger partial charge on any atom is -0.305 e. The Kier molecular flexibility index (Phi) is 9.56. The molecule has 0 N–H and O–H groups in total. The first-order valence-corrected chi connectivity index (χ1v) is 9.64. The zero-order valence-corrected chi connectivity index (χ0v) is 14.3. The molecule has 0 aliphatic carbocycles. The van der Waals surface area contributed by atoms with Crippen molar-refractivity contribution in [3.05, 3.63) is 23.8 Å². The molecule has 6 nitrogen and oxygen atoms in total. The first-order chi connectivity index (χ1) is 9.44. The summed E-state index contributed by atoms with van der Waals surface area (Å²) in [6.07, 6.45) is 2.67. The van der Waals surface area contributed by atoms with Gasteiger partial charge in [-0.1, -0.05) is 12.7 Å². The molecule has 0 aliphatic rings. The van der Waals surface area contributed by atoms with Gasteiger partial charge in [0.2, 0.25) is 0 Å². The third-order valence-corrected chi connectivity index (χ3v) is 7.31. The molecular formula is C12H24O6P2. The van der Waals surface area contributed by atoms with Gasteiger partial charge in [0.1, 0.15) is 0 Å². The predicted molar refractivity (Wildman–Crippen MR) is 80.0 cm³/mol. The van der Waals surface area contributed by atoms with Crippen LogP contribution in [0.4, 0.5) is 0 Å². The third-order valence-electron chi connectivity index (χ3n) is 2.02. The van der Waals surface area contributed by atoms with E-state index in [0.717, 1.165) is 0 Å². The SMILES string of the molecule is C=CC=C(P(=O)(OCC)OCC)P(=O)(OCC)OCC. The summed E-state index contributed by atoms with van der Waals surface area (Å²) in [4.78, 5) is 0. The van der Waals surface area contributed by atoms with Crippen molar-refractivity contribution in [1.82, 2.24) is 0 Å². The van der Waals surface area contributed by atoms with Gasteiger partial charge in [-0.15, -0.1) is 0 Å². The molecule has 0 heterocycles. The van der Waals surface area contributed by atoms with Crippen LogP contribution in [0, 0.1) is 0 Å². The molecular weight excluding hydrogens is 302 g/mol. The lowest BCUT2D eigenvalue weighted by atomic mass is 10.6. The van der Waals surface area contributed by atoms with Crippen molar-refractivity contribution in [2.75, 3.05) is 26.4 Å². The second-order valence-electron chi connectivity index (χ2n) is 3.43. The van der Waals surface area contributed by atoms with Gasteiger partial charge in [0.05, 0.1) is 26.4 Å². The predicted octanol–water partition coefficient (Wildman–Crippen LogP) is 4.55. The molecule has 0 spiro atoms. The second kappa shape index (κ2) is 9.67. The fourth-order valence-electron chi connectivity index (χ4n) is 1.46. The minimum absolute atomic E-state index is 0.118. The van der Waals surface area contributed by atoms with E-state index in [4.69, 9.17) is 18.1 Å². The van der Waals surface area contributed by atoms with E-state index in [9.17, 15) is 9.13 Å². The smallest absolute Gasteiger partial charge is 0.305 e. The largest absolute Gasteiger partial charge is 0.369 e. The second-order valence-corrected chi connectivity index (χ2v) is 7.77. The Balaban J connectivity index is 5.81. The maximum absolute atomic E-state index is 12.8. The number of hydrogen-bond donors (Lipinski definition) is 0. The standard InChI is InChI=1S/C12H24O6P2/c1-6-11-12(19(13,15-7-2)16-8-3)20(14,17-9-4)18-10-5/h6,11H,1,7-10H2,2-5H3. The molecule has 0 fully saturated rings. The molecule has 0 saturated heterocycles. The molecule has 0 radical (unpaired) electrons. The van der Waals surface area contributed by atoms with Crippen molar-refractivity contribution >= 4 is 15.2 Å². The average Bonchev–Trinajstić information content (AvgIpc) is 2.36. The maximum atomic E-state index is 12.8. The van der Waals surface area contributed by atoms with E-state index in [-0.39, 0.29) is 31.5 Å². The van der Waals surface area contributed by atoms with Gasteiger partial charge in [0.25, 0.3) is 0 Å². The molecule has 0 aliphatic heterocycles. The Morgan fingerprint density at radius 1 is 0.850 bits per heavy atom. The molecule has 0 rings (SSSR count). The highest BCUT2D eigenvalue weighted by Gasteiger charge is 2.44. The fourth-order valence-corrected chi connectivity index (χ4v) is 5.96. The summed E-state index contributed by atoms with van der Waals surface area (Å²) in [5, 5.41) is -0.118. The molecule has 0 aromatic carbocycles. The van der Waals surface area contributed by atoms with E-state index < -0.39 is 15.2 Å².